The van der Waals surface area contributed by atoms with Crippen LogP contribution < -0.4 is 9.62 Å². The molecule has 1 amide bonds. The number of benzene rings is 2. The summed E-state index contributed by atoms with van der Waals surface area (Å²) in [6, 6.07) is 10.0. The highest BCUT2D eigenvalue weighted by Crippen LogP contribution is 2.28. The third-order valence-corrected chi connectivity index (χ3v) is 5.43. The molecule has 2 rings (SSSR count). The van der Waals surface area contributed by atoms with Gasteiger partial charge in [-0.05, 0) is 38.0 Å². The first kappa shape index (κ1) is 20.9. The Hall–Kier alpha value is -2.41. The van der Waals surface area contributed by atoms with Gasteiger partial charge in [0.1, 0.15) is 5.82 Å². The summed E-state index contributed by atoms with van der Waals surface area (Å²) in [6.07, 6.45) is 1.11. The second-order valence-electron chi connectivity index (χ2n) is 6.70. The van der Waals surface area contributed by atoms with Crippen molar-refractivity contribution >= 4 is 21.6 Å². The van der Waals surface area contributed by atoms with Crippen LogP contribution in [0, 0.1) is 26.6 Å². The molecule has 0 spiro atoms. The molecule has 0 atom stereocenters. The minimum Gasteiger partial charge on any atom is -0.352 e. The Morgan fingerprint density at radius 2 is 1.70 bits per heavy atom. The van der Waals surface area contributed by atoms with Crippen LogP contribution in [0.25, 0.3) is 0 Å². The fraction of sp³-hybridized carbons (Fsp3) is 0.350. The van der Waals surface area contributed by atoms with Crippen molar-refractivity contribution in [3.63, 3.8) is 0 Å². The van der Waals surface area contributed by atoms with Gasteiger partial charge in [-0.3, -0.25) is 9.10 Å². The summed E-state index contributed by atoms with van der Waals surface area (Å²) in [5.41, 5.74) is 3.71. The van der Waals surface area contributed by atoms with E-state index < -0.39 is 10.0 Å². The van der Waals surface area contributed by atoms with E-state index in [-0.39, 0.29) is 31.2 Å². The summed E-state index contributed by atoms with van der Waals surface area (Å²) in [7, 11) is -3.55. The van der Waals surface area contributed by atoms with Crippen molar-refractivity contribution in [1.29, 1.82) is 0 Å². The highest BCUT2D eigenvalue weighted by atomic mass is 32.2. The van der Waals surface area contributed by atoms with Gasteiger partial charge in [0.2, 0.25) is 15.9 Å². The van der Waals surface area contributed by atoms with Gasteiger partial charge in [0.05, 0.1) is 11.9 Å². The van der Waals surface area contributed by atoms with Crippen molar-refractivity contribution < 1.29 is 17.6 Å². The number of hydrogen-bond donors (Lipinski definition) is 1. The van der Waals surface area contributed by atoms with Crippen LogP contribution in [0.15, 0.2) is 36.4 Å². The van der Waals surface area contributed by atoms with Crippen LogP contribution in [0.3, 0.4) is 0 Å². The fourth-order valence-electron chi connectivity index (χ4n) is 3.14. The first-order valence-electron chi connectivity index (χ1n) is 8.65. The molecule has 0 unspecified atom stereocenters. The maximum Gasteiger partial charge on any atom is 0.232 e. The van der Waals surface area contributed by atoms with Gasteiger partial charge >= 0.3 is 0 Å². The molecule has 1 N–H and O–H groups in total. The molecule has 27 heavy (non-hydrogen) atoms. The smallest absolute Gasteiger partial charge is 0.232 e. The maximum absolute atomic E-state index is 13.6. The number of hydrogen-bond acceptors (Lipinski definition) is 3. The monoisotopic (exact) mass is 392 g/mol. The number of amides is 1. The number of rotatable bonds is 7. The van der Waals surface area contributed by atoms with Crippen LogP contribution in [-0.4, -0.2) is 27.1 Å². The summed E-state index contributed by atoms with van der Waals surface area (Å²) < 4.78 is 39.5. The molecule has 2 aromatic carbocycles. The largest absolute Gasteiger partial charge is 0.352 e. The average Bonchev–Trinajstić information content (AvgIpc) is 2.55. The SMILES string of the molecule is Cc1cc(C)c(N(CCC(=O)NCc2ccccc2F)S(C)(=O)=O)c(C)c1. The van der Waals surface area contributed by atoms with E-state index in [0.717, 1.165) is 22.9 Å². The number of aryl methyl sites for hydroxylation is 3. The van der Waals surface area contributed by atoms with E-state index in [9.17, 15) is 17.6 Å². The minimum absolute atomic E-state index is 0.0196. The molecular formula is C20H25FN2O3S. The van der Waals surface area contributed by atoms with Crippen molar-refractivity contribution in [3.8, 4) is 0 Å². The van der Waals surface area contributed by atoms with Crippen LogP contribution >= 0.6 is 0 Å². The molecule has 0 heterocycles. The van der Waals surface area contributed by atoms with E-state index in [4.69, 9.17) is 0 Å². The number of carbonyl (C=O) groups is 1. The van der Waals surface area contributed by atoms with Gasteiger partial charge in [0, 0.05) is 25.1 Å². The Morgan fingerprint density at radius 3 is 2.26 bits per heavy atom. The predicted molar refractivity (Wildman–Crippen MR) is 106 cm³/mol. The zero-order chi connectivity index (χ0) is 20.2. The average molecular weight is 392 g/mol. The Balaban J connectivity index is 2.10. The van der Waals surface area contributed by atoms with Crippen molar-refractivity contribution in [2.24, 2.45) is 0 Å². The quantitative estimate of drug-likeness (QED) is 0.787. The van der Waals surface area contributed by atoms with Gasteiger partial charge in [-0.1, -0.05) is 35.9 Å². The van der Waals surface area contributed by atoms with E-state index >= 15 is 0 Å². The Labute approximate surface area is 160 Å². The number of nitrogens with zero attached hydrogens (tertiary/aromatic N) is 1. The van der Waals surface area contributed by atoms with Crippen molar-refractivity contribution in [2.75, 3.05) is 17.1 Å². The highest BCUT2D eigenvalue weighted by Gasteiger charge is 2.22. The molecule has 0 aliphatic carbocycles. The Morgan fingerprint density at radius 1 is 1.11 bits per heavy atom. The van der Waals surface area contributed by atoms with Gasteiger partial charge < -0.3 is 5.32 Å². The highest BCUT2D eigenvalue weighted by molar-refractivity contribution is 7.92. The molecule has 0 bridgehead atoms. The number of carbonyl (C=O) groups excluding carboxylic acids is 1. The molecule has 146 valence electrons. The molecule has 0 radical (unpaired) electrons. The van der Waals surface area contributed by atoms with E-state index in [1.807, 2.05) is 32.9 Å². The molecule has 0 saturated carbocycles. The van der Waals surface area contributed by atoms with Gasteiger partial charge in [0.25, 0.3) is 0 Å². The molecule has 0 fully saturated rings. The first-order valence-corrected chi connectivity index (χ1v) is 10.5. The second kappa shape index (κ2) is 8.52. The topological polar surface area (TPSA) is 66.5 Å². The number of nitrogens with one attached hydrogen (secondary N) is 1. The molecular weight excluding hydrogens is 367 g/mol. The van der Waals surface area contributed by atoms with Gasteiger partial charge in [-0.25, -0.2) is 12.8 Å². The summed E-state index contributed by atoms with van der Waals surface area (Å²) in [5.74, 6) is -0.726. The second-order valence-corrected chi connectivity index (χ2v) is 8.61. The van der Waals surface area contributed by atoms with E-state index in [1.54, 1.807) is 18.2 Å². The third-order valence-electron chi connectivity index (χ3n) is 4.26. The van der Waals surface area contributed by atoms with Crippen LogP contribution in [0.4, 0.5) is 10.1 Å². The molecule has 0 saturated heterocycles. The standard InChI is InChI=1S/C20H25FN2O3S/c1-14-11-15(2)20(16(3)12-14)23(27(4,25)26)10-9-19(24)22-13-17-7-5-6-8-18(17)21/h5-8,11-12H,9-10,13H2,1-4H3,(H,22,24). The van der Waals surface area contributed by atoms with E-state index in [1.165, 1.54) is 10.4 Å². The van der Waals surface area contributed by atoms with Crippen molar-refractivity contribution in [2.45, 2.75) is 33.7 Å². The molecule has 0 aromatic heterocycles. The Kier molecular flexibility index (Phi) is 6.59. The number of halogens is 1. The van der Waals surface area contributed by atoms with Gasteiger partial charge in [-0.15, -0.1) is 0 Å². The molecule has 7 heteroatoms. The lowest BCUT2D eigenvalue weighted by molar-refractivity contribution is -0.121. The number of sulfonamides is 1. The normalized spacial score (nSPS) is 11.3. The van der Waals surface area contributed by atoms with Gasteiger partial charge in [-0.2, -0.15) is 0 Å². The maximum atomic E-state index is 13.6. The fourth-order valence-corrected chi connectivity index (χ4v) is 4.18. The van der Waals surface area contributed by atoms with Crippen LogP contribution in [0.5, 0.6) is 0 Å². The summed E-state index contributed by atoms with van der Waals surface area (Å²) in [5, 5.41) is 2.64. The molecule has 2 aromatic rings. The summed E-state index contributed by atoms with van der Waals surface area (Å²) in [4.78, 5) is 12.2. The van der Waals surface area contributed by atoms with E-state index in [2.05, 4.69) is 5.32 Å². The van der Waals surface area contributed by atoms with Gasteiger partial charge in [0.15, 0.2) is 0 Å². The Bertz CT molecular complexity index is 919. The minimum atomic E-state index is -3.55. The molecule has 0 aliphatic heterocycles. The lowest BCUT2D eigenvalue weighted by Gasteiger charge is -2.26. The van der Waals surface area contributed by atoms with E-state index in [0.29, 0.717) is 11.3 Å². The zero-order valence-corrected chi connectivity index (χ0v) is 16.9. The van der Waals surface area contributed by atoms with Crippen LogP contribution in [0.1, 0.15) is 28.7 Å². The van der Waals surface area contributed by atoms with Crippen molar-refractivity contribution in [1.82, 2.24) is 5.32 Å². The summed E-state index contributed by atoms with van der Waals surface area (Å²) in [6.45, 7) is 5.74. The summed E-state index contributed by atoms with van der Waals surface area (Å²) >= 11 is 0. The molecule has 0 aliphatic rings. The van der Waals surface area contributed by atoms with Crippen LogP contribution in [-0.2, 0) is 21.4 Å². The first-order chi connectivity index (χ1) is 12.6. The number of anilines is 1. The third kappa shape index (κ3) is 5.53. The van der Waals surface area contributed by atoms with Crippen LogP contribution in [0.2, 0.25) is 0 Å². The lowest BCUT2D eigenvalue weighted by Crippen LogP contribution is -2.35. The lowest BCUT2D eigenvalue weighted by atomic mass is 10.1. The zero-order valence-electron chi connectivity index (χ0n) is 16.0. The predicted octanol–water partition coefficient (Wildman–Crippen LogP) is 3.22. The molecule has 5 nitrogen and oxygen atoms in total. The van der Waals surface area contributed by atoms with Crippen molar-refractivity contribution in [3.05, 3.63) is 64.5 Å².